The quantitative estimate of drug-likeness (QED) is 0.539. The van der Waals surface area contributed by atoms with E-state index in [0.717, 1.165) is 11.3 Å². The molecule has 1 aromatic carbocycles. The Morgan fingerprint density at radius 1 is 1.10 bits per heavy atom. The monoisotopic (exact) mass is 299 g/mol. The highest BCUT2D eigenvalue weighted by Crippen LogP contribution is 2.25. The topological polar surface area (TPSA) is 78.2 Å². The molecule has 0 aliphatic rings. The molecular weight excluding hydrogens is 290 g/mol. The van der Waals surface area contributed by atoms with Gasteiger partial charge in [-0.15, -0.1) is 11.3 Å². The lowest BCUT2D eigenvalue weighted by atomic mass is 10.2. The van der Waals surface area contributed by atoms with Crippen molar-refractivity contribution in [3.8, 4) is 22.9 Å². The molecule has 7 heteroatoms. The van der Waals surface area contributed by atoms with Gasteiger partial charge in [-0.1, -0.05) is 0 Å². The molecule has 3 aromatic rings. The van der Waals surface area contributed by atoms with Crippen LogP contribution in [0, 0.1) is 10.1 Å². The van der Waals surface area contributed by atoms with E-state index in [2.05, 4.69) is 9.97 Å². The van der Waals surface area contributed by atoms with Gasteiger partial charge in [-0.3, -0.25) is 10.1 Å². The number of nitrogens with zero attached hydrogens (tertiary/aromatic N) is 3. The van der Waals surface area contributed by atoms with Gasteiger partial charge in [0, 0.05) is 23.1 Å². The summed E-state index contributed by atoms with van der Waals surface area (Å²) >= 11 is 1.54. The summed E-state index contributed by atoms with van der Waals surface area (Å²) in [5.41, 5.74) is 3.63. The lowest BCUT2D eigenvalue weighted by molar-refractivity contribution is -0.385. The van der Waals surface area contributed by atoms with Crippen LogP contribution in [0.1, 0.15) is 0 Å². The van der Waals surface area contributed by atoms with Crippen molar-refractivity contribution >= 4 is 17.0 Å². The SMILES string of the molecule is O=[N+]([O-])c1ccc(Oc2ccc(-c3cscn3)cc2)nc1. The second kappa shape index (κ2) is 5.68. The minimum absolute atomic E-state index is 0.0683. The Bertz CT molecular complexity index is 740. The van der Waals surface area contributed by atoms with Gasteiger partial charge in [0.25, 0.3) is 5.69 Å². The summed E-state index contributed by atoms with van der Waals surface area (Å²) in [6, 6.07) is 10.2. The van der Waals surface area contributed by atoms with E-state index in [1.165, 1.54) is 29.7 Å². The summed E-state index contributed by atoms with van der Waals surface area (Å²) in [5.74, 6) is 0.914. The van der Waals surface area contributed by atoms with Gasteiger partial charge in [0.1, 0.15) is 11.9 Å². The molecule has 0 aliphatic carbocycles. The highest BCUT2D eigenvalue weighted by molar-refractivity contribution is 7.07. The van der Waals surface area contributed by atoms with Gasteiger partial charge in [0.15, 0.2) is 0 Å². The average Bonchev–Trinajstić information content (AvgIpc) is 3.03. The number of aromatic nitrogens is 2. The first-order valence-electron chi connectivity index (χ1n) is 5.99. The van der Waals surface area contributed by atoms with Crippen LogP contribution < -0.4 is 4.74 Å². The number of ether oxygens (including phenoxy) is 1. The molecule has 0 atom stereocenters. The first-order valence-corrected chi connectivity index (χ1v) is 6.93. The number of pyridine rings is 1. The van der Waals surface area contributed by atoms with Gasteiger partial charge >= 0.3 is 0 Å². The molecule has 0 saturated heterocycles. The average molecular weight is 299 g/mol. The third-order valence-corrected chi connectivity index (χ3v) is 3.32. The Hall–Kier alpha value is -2.80. The second-order valence-corrected chi connectivity index (χ2v) is 4.83. The van der Waals surface area contributed by atoms with Crippen LogP contribution in [0.5, 0.6) is 11.6 Å². The largest absolute Gasteiger partial charge is 0.439 e. The minimum Gasteiger partial charge on any atom is -0.439 e. The Balaban J connectivity index is 1.74. The normalized spacial score (nSPS) is 10.3. The van der Waals surface area contributed by atoms with E-state index >= 15 is 0 Å². The van der Waals surface area contributed by atoms with E-state index < -0.39 is 4.92 Å². The van der Waals surface area contributed by atoms with Crippen molar-refractivity contribution in [2.45, 2.75) is 0 Å². The molecule has 2 heterocycles. The van der Waals surface area contributed by atoms with Crippen LogP contribution in [0.4, 0.5) is 5.69 Å². The first-order chi connectivity index (χ1) is 10.2. The van der Waals surface area contributed by atoms with Crippen molar-refractivity contribution in [2.75, 3.05) is 0 Å². The zero-order chi connectivity index (χ0) is 14.7. The summed E-state index contributed by atoms with van der Waals surface area (Å²) in [6.45, 7) is 0. The predicted molar refractivity (Wildman–Crippen MR) is 78.5 cm³/mol. The van der Waals surface area contributed by atoms with E-state index in [1.807, 2.05) is 17.5 Å². The lowest BCUT2D eigenvalue weighted by Gasteiger charge is -2.04. The number of rotatable bonds is 4. The van der Waals surface area contributed by atoms with Crippen molar-refractivity contribution in [2.24, 2.45) is 0 Å². The first kappa shape index (κ1) is 13.2. The fraction of sp³-hybridized carbons (Fsp3) is 0. The summed E-state index contributed by atoms with van der Waals surface area (Å²) in [5, 5.41) is 12.5. The Kier molecular flexibility index (Phi) is 3.57. The van der Waals surface area contributed by atoms with Crippen LogP contribution >= 0.6 is 11.3 Å². The number of hydrogen-bond acceptors (Lipinski definition) is 6. The number of benzene rings is 1. The smallest absolute Gasteiger partial charge is 0.287 e. The summed E-state index contributed by atoms with van der Waals surface area (Å²) in [7, 11) is 0. The van der Waals surface area contributed by atoms with E-state index in [-0.39, 0.29) is 5.69 Å². The standard InChI is InChI=1S/C14H9N3O3S/c18-17(19)11-3-6-14(15-7-11)20-12-4-1-10(2-5-12)13-8-21-9-16-13/h1-9H. The zero-order valence-corrected chi connectivity index (χ0v) is 11.5. The van der Waals surface area contributed by atoms with Crippen LogP contribution in [0.25, 0.3) is 11.3 Å². The van der Waals surface area contributed by atoms with Crippen molar-refractivity contribution in [3.05, 3.63) is 63.6 Å². The van der Waals surface area contributed by atoms with Crippen LogP contribution in [-0.2, 0) is 0 Å². The molecule has 3 rings (SSSR count). The number of hydrogen-bond donors (Lipinski definition) is 0. The molecule has 0 spiro atoms. The molecular formula is C14H9N3O3S. The molecule has 2 aromatic heterocycles. The summed E-state index contributed by atoms with van der Waals surface area (Å²) in [4.78, 5) is 18.2. The molecule has 0 saturated carbocycles. The molecule has 0 fully saturated rings. The van der Waals surface area contributed by atoms with Crippen LogP contribution in [0.15, 0.2) is 53.5 Å². The Morgan fingerprint density at radius 2 is 1.90 bits per heavy atom. The van der Waals surface area contributed by atoms with Gasteiger partial charge in [-0.05, 0) is 24.3 Å². The van der Waals surface area contributed by atoms with Gasteiger partial charge in [-0.25, -0.2) is 9.97 Å². The number of nitro groups is 1. The summed E-state index contributed by atoms with van der Waals surface area (Å²) in [6.07, 6.45) is 1.17. The fourth-order valence-electron chi connectivity index (χ4n) is 1.71. The maximum Gasteiger partial charge on any atom is 0.287 e. The maximum atomic E-state index is 10.5. The molecule has 6 nitrogen and oxygen atoms in total. The minimum atomic E-state index is -0.501. The van der Waals surface area contributed by atoms with E-state index in [4.69, 9.17) is 4.74 Å². The maximum absolute atomic E-state index is 10.5. The third-order valence-electron chi connectivity index (χ3n) is 2.74. The van der Waals surface area contributed by atoms with Gasteiger partial charge in [-0.2, -0.15) is 0 Å². The zero-order valence-electron chi connectivity index (χ0n) is 10.7. The van der Waals surface area contributed by atoms with E-state index in [1.54, 1.807) is 17.6 Å². The molecule has 0 N–H and O–H groups in total. The molecule has 0 radical (unpaired) electrons. The van der Waals surface area contributed by atoms with Crippen LogP contribution in [0.3, 0.4) is 0 Å². The molecule has 104 valence electrons. The highest BCUT2D eigenvalue weighted by atomic mass is 32.1. The molecule has 0 unspecified atom stereocenters. The molecule has 0 bridgehead atoms. The third kappa shape index (κ3) is 3.03. The van der Waals surface area contributed by atoms with Gasteiger partial charge in [0.05, 0.1) is 16.1 Å². The van der Waals surface area contributed by atoms with E-state index in [0.29, 0.717) is 11.6 Å². The lowest BCUT2D eigenvalue weighted by Crippen LogP contribution is -1.91. The molecule has 0 amide bonds. The van der Waals surface area contributed by atoms with Crippen molar-refractivity contribution in [3.63, 3.8) is 0 Å². The summed E-state index contributed by atoms with van der Waals surface area (Å²) < 4.78 is 5.53. The Morgan fingerprint density at radius 3 is 2.48 bits per heavy atom. The highest BCUT2D eigenvalue weighted by Gasteiger charge is 2.07. The number of thiazole rings is 1. The molecule has 21 heavy (non-hydrogen) atoms. The van der Waals surface area contributed by atoms with Crippen LogP contribution in [-0.4, -0.2) is 14.9 Å². The predicted octanol–water partition coefficient (Wildman–Crippen LogP) is 3.91. The fourth-order valence-corrected chi connectivity index (χ4v) is 2.27. The van der Waals surface area contributed by atoms with E-state index in [9.17, 15) is 10.1 Å². The van der Waals surface area contributed by atoms with Gasteiger partial charge < -0.3 is 4.74 Å². The van der Waals surface area contributed by atoms with Crippen LogP contribution in [0.2, 0.25) is 0 Å². The van der Waals surface area contributed by atoms with Crippen molar-refractivity contribution in [1.82, 2.24) is 9.97 Å². The van der Waals surface area contributed by atoms with Gasteiger partial charge in [0.2, 0.25) is 5.88 Å². The second-order valence-electron chi connectivity index (χ2n) is 4.11. The van der Waals surface area contributed by atoms with Crippen molar-refractivity contribution in [1.29, 1.82) is 0 Å². The van der Waals surface area contributed by atoms with Crippen molar-refractivity contribution < 1.29 is 9.66 Å². The Labute approximate surface area is 123 Å². The molecule has 0 aliphatic heterocycles.